The van der Waals surface area contributed by atoms with Gasteiger partial charge in [-0.05, 0) is 6.42 Å². The lowest BCUT2D eigenvalue weighted by molar-refractivity contribution is -0.876. The third-order valence-electron chi connectivity index (χ3n) is 1.90. The largest absolute Gasteiger partial charge is 0.633 e. The van der Waals surface area contributed by atoms with Crippen LogP contribution in [-0.2, 0) is 0 Å². The molecule has 0 saturated carbocycles. The first-order valence-corrected chi connectivity index (χ1v) is 5.44. The van der Waals surface area contributed by atoms with E-state index >= 15 is 0 Å². The van der Waals surface area contributed by atoms with Crippen LogP contribution >= 0.6 is 23.2 Å². The van der Waals surface area contributed by atoms with Crippen LogP contribution in [0.3, 0.4) is 0 Å². The van der Waals surface area contributed by atoms with Gasteiger partial charge in [0.25, 0.3) is 0 Å². The maximum absolute atomic E-state index is 11.8. The van der Waals surface area contributed by atoms with E-state index in [2.05, 4.69) is 6.92 Å². The maximum Gasteiger partial charge on any atom is 0.0921 e. The normalized spacial score (nSPS) is 12.0. The molecule has 74 valence electrons. The minimum atomic E-state index is -0.221. The molecule has 0 fully saturated rings. The summed E-state index contributed by atoms with van der Waals surface area (Å²) in [5, 5.41) is 11.8. The second kappa shape index (κ2) is 6.96. The zero-order valence-electron chi connectivity index (χ0n) is 7.56. The predicted octanol–water partition coefficient (Wildman–Crippen LogP) is 2.58. The van der Waals surface area contributed by atoms with Crippen molar-refractivity contribution >= 4 is 23.2 Å². The minimum absolute atomic E-state index is 0.221. The van der Waals surface area contributed by atoms with Crippen molar-refractivity contribution in [2.24, 2.45) is 0 Å². The van der Waals surface area contributed by atoms with Gasteiger partial charge in [-0.2, -0.15) is 0 Å². The van der Waals surface area contributed by atoms with Gasteiger partial charge in [-0.25, -0.2) is 0 Å². The van der Waals surface area contributed by atoms with Crippen molar-refractivity contribution < 1.29 is 4.65 Å². The Bertz CT molecular complexity index is 105. The number of halogens is 2. The van der Waals surface area contributed by atoms with Crippen LogP contribution < -0.4 is 0 Å². The monoisotopic (exact) mass is 213 g/mol. The smallest absolute Gasteiger partial charge is 0.0921 e. The Morgan fingerprint density at radius 2 is 1.58 bits per heavy atom. The van der Waals surface area contributed by atoms with Gasteiger partial charge >= 0.3 is 0 Å². The van der Waals surface area contributed by atoms with Gasteiger partial charge in [-0.15, -0.1) is 23.2 Å². The summed E-state index contributed by atoms with van der Waals surface area (Å²) >= 11 is 11.1. The maximum atomic E-state index is 11.8. The lowest BCUT2D eigenvalue weighted by atomic mass is 10.3. The second-order valence-electron chi connectivity index (χ2n) is 2.96. The number of hydroxylamine groups is 3. The van der Waals surface area contributed by atoms with E-state index < -0.39 is 0 Å². The molecular weight excluding hydrogens is 197 g/mol. The Morgan fingerprint density at radius 3 is 1.92 bits per heavy atom. The molecule has 0 aliphatic carbocycles. The minimum Gasteiger partial charge on any atom is -0.633 e. The van der Waals surface area contributed by atoms with Crippen LogP contribution in [-0.4, -0.2) is 36.0 Å². The molecule has 2 nitrogen and oxygen atoms in total. The molecule has 0 radical (unpaired) electrons. The molecule has 0 aromatic heterocycles. The van der Waals surface area contributed by atoms with Crippen LogP contribution in [0.4, 0.5) is 0 Å². The summed E-state index contributed by atoms with van der Waals surface area (Å²) in [7, 11) is 0. The Hall–Kier alpha value is 0.500. The van der Waals surface area contributed by atoms with Crippen molar-refractivity contribution in [3.63, 3.8) is 0 Å². The van der Waals surface area contributed by atoms with E-state index in [1.165, 1.54) is 0 Å². The molecule has 0 aromatic carbocycles. The Balaban J connectivity index is 3.80. The number of rotatable bonds is 7. The lowest BCUT2D eigenvalue weighted by Crippen LogP contribution is -2.45. The van der Waals surface area contributed by atoms with E-state index in [1.807, 2.05) is 0 Å². The van der Waals surface area contributed by atoms with Gasteiger partial charge in [0.15, 0.2) is 0 Å². The summed E-state index contributed by atoms with van der Waals surface area (Å²) in [6.45, 7) is 3.68. The molecular formula is C8H17Cl2NO. The molecule has 0 atom stereocenters. The van der Waals surface area contributed by atoms with E-state index in [9.17, 15) is 5.21 Å². The first kappa shape index (κ1) is 12.5. The molecule has 0 rings (SSSR count). The van der Waals surface area contributed by atoms with Crippen LogP contribution in [0.1, 0.15) is 19.8 Å². The molecule has 0 amide bonds. The van der Waals surface area contributed by atoms with Crippen molar-refractivity contribution in [3.8, 4) is 0 Å². The van der Waals surface area contributed by atoms with E-state index in [1.54, 1.807) is 0 Å². The number of nitrogens with zero attached hydrogens (tertiary/aromatic N) is 1. The Morgan fingerprint density at radius 1 is 1.08 bits per heavy atom. The van der Waals surface area contributed by atoms with Crippen molar-refractivity contribution in [3.05, 3.63) is 5.21 Å². The highest BCUT2D eigenvalue weighted by atomic mass is 35.5. The van der Waals surface area contributed by atoms with Gasteiger partial charge in [0, 0.05) is 0 Å². The highest BCUT2D eigenvalue weighted by molar-refractivity contribution is 6.18. The molecule has 0 N–H and O–H groups in total. The standard InChI is InChI=1S/C8H17Cl2NO/c1-2-3-6-11(12,7-4-9)8-5-10/h2-8H2,1H3. The van der Waals surface area contributed by atoms with Gasteiger partial charge in [0.1, 0.15) is 0 Å². The fourth-order valence-electron chi connectivity index (χ4n) is 1.09. The van der Waals surface area contributed by atoms with Crippen molar-refractivity contribution in [1.82, 2.24) is 0 Å². The molecule has 4 heteroatoms. The molecule has 0 aliphatic rings. The molecule has 12 heavy (non-hydrogen) atoms. The van der Waals surface area contributed by atoms with Crippen LogP contribution in [0.2, 0.25) is 0 Å². The van der Waals surface area contributed by atoms with Crippen LogP contribution in [0.25, 0.3) is 0 Å². The average molecular weight is 214 g/mol. The van der Waals surface area contributed by atoms with E-state index in [0.717, 1.165) is 12.8 Å². The van der Waals surface area contributed by atoms with Crippen molar-refractivity contribution in [2.45, 2.75) is 19.8 Å². The van der Waals surface area contributed by atoms with Gasteiger partial charge in [0.2, 0.25) is 0 Å². The summed E-state index contributed by atoms with van der Waals surface area (Å²) in [4.78, 5) is 0. The molecule has 0 aliphatic heterocycles. The number of hydrogen-bond acceptors (Lipinski definition) is 1. The predicted molar refractivity (Wildman–Crippen MR) is 54.6 cm³/mol. The average Bonchev–Trinajstić information content (AvgIpc) is 2.02. The third kappa shape index (κ3) is 5.20. The molecule has 0 spiro atoms. The molecule has 0 saturated heterocycles. The lowest BCUT2D eigenvalue weighted by Gasteiger charge is -2.42. The first-order valence-electron chi connectivity index (χ1n) is 4.37. The molecule has 0 heterocycles. The fraction of sp³-hybridized carbons (Fsp3) is 1.00. The summed E-state index contributed by atoms with van der Waals surface area (Å²) in [6, 6.07) is 0. The van der Waals surface area contributed by atoms with Gasteiger partial charge in [0.05, 0.1) is 31.4 Å². The van der Waals surface area contributed by atoms with E-state index in [4.69, 9.17) is 23.2 Å². The molecule has 0 unspecified atom stereocenters. The Labute approximate surface area is 84.6 Å². The van der Waals surface area contributed by atoms with Crippen molar-refractivity contribution in [2.75, 3.05) is 31.4 Å². The SMILES string of the molecule is CCCC[N+]([O-])(CCCl)CCCl. The number of unbranched alkanes of at least 4 members (excludes halogenated alkanes) is 1. The summed E-state index contributed by atoms with van der Waals surface area (Å²) in [6.07, 6.45) is 2.00. The highest BCUT2D eigenvalue weighted by Gasteiger charge is 2.13. The fourth-order valence-corrected chi connectivity index (χ4v) is 1.71. The summed E-state index contributed by atoms with van der Waals surface area (Å²) in [5.74, 6) is 0.841. The van der Waals surface area contributed by atoms with E-state index in [0.29, 0.717) is 31.4 Å². The molecule has 0 bridgehead atoms. The highest BCUT2D eigenvalue weighted by Crippen LogP contribution is 2.08. The summed E-state index contributed by atoms with van der Waals surface area (Å²) in [5.41, 5.74) is 0. The summed E-state index contributed by atoms with van der Waals surface area (Å²) < 4.78 is -0.221. The van der Waals surface area contributed by atoms with Crippen LogP contribution in [0.15, 0.2) is 0 Å². The van der Waals surface area contributed by atoms with E-state index in [-0.39, 0.29) is 4.65 Å². The Kier molecular flexibility index (Phi) is 7.25. The first-order chi connectivity index (χ1) is 5.68. The number of quaternary nitrogens is 1. The second-order valence-corrected chi connectivity index (χ2v) is 3.72. The number of hydrogen-bond donors (Lipinski definition) is 0. The molecule has 0 aromatic rings. The topological polar surface area (TPSA) is 23.1 Å². The van der Waals surface area contributed by atoms with Crippen molar-refractivity contribution in [1.29, 1.82) is 0 Å². The van der Waals surface area contributed by atoms with Crippen LogP contribution in [0.5, 0.6) is 0 Å². The number of alkyl halides is 2. The third-order valence-corrected chi connectivity index (χ3v) is 2.24. The quantitative estimate of drug-likeness (QED) is 0.363. The van der Waals surface area contributed by atoms with Gasteiger partial charge < -0.3 is 9.85 Å². The zero-order valence-corrected chi connectivity index (χ0v) is 9.07. The van der Waals surface area contributed by atoms with Gasteiger partial charge in [-0.3, -0.25) is 0 Å². The van der Waals surface area contributed by atoms with Gasteiger partial charge in [-0.1, -0.05) is 13.3 Å². The van der Waals surface area contributed by atoms with Crippen LogP contribution in [0, 0.1) is 5.21 Å². The zero-order chi connectivity index (χ0) is 9.45.